The molecule has 4 heteroatoms. The lowest BCUT2D eigenvalue weighted by molar-refractivity contribution is -0.117. The molecule has 0 atom stereocenters. The van der Waals surface area contributed by atoms with Crippen molar-refractivity contribution in [2.75, 3.05) is 0 Å². The maximum atomic E-state index is 9.60. The number of hydrogen-bond acceptors (Lipinski definition) is 2. The van der Waals surface area contributed by atoms with Crippen LogP contribution in [0.4, 0.5) is 0 Å². The summed E-state index contributed by atoms with van der Waals surface area (Å²) in [5.74, 6) is -0.572. The van der Waals surface area contributed by atoms with Gasteiger partial charge >= 0.3 is 0 Å². The van der Waals surface area contributed by atoms with Crippen LogP contribution >= 0.6 is 17.0 Å². The number of primary amides is 1. The van der Waals surface area contributed by atoms with Crippen molar-refractivity contribution in [3.63, 3.8) is 0 Å². The Kier molecular flexibility index (Phi) is 7.51. The quantitative estimate of drug-likeness (QED) is 0.592. The molecule has 0 aliphatic heterocycles. The van der Waals surface area contributed by atoms with Crippen LogP contribution in [0.3, 0.4) is 0 Å². The maximum Gasteiger partial charge on any atom is 0.231 e. The van der Waals surface area contributed by atoms with Gasteiger partial charge in [-0.3, -0.25) is 4.79 Å². The smallest absolute Gasteiger partial charge is 0.231 e. The molecule has 0 radical (unpaired) electrons. The fraction of sp³-hybridized carbons (Fsp3) is 0.333. The molecule has 0 saturated carbocycles. The zero-order valence-electron chi connectivity index (χ0n) is 3.55. The zero-order valence-corrected chi connectivity index (χ0v) is 5.26. The molecule has 0 saturated heterocycles. The van der Waals surface area contributed by atoms with Crippen molar-refractivity contribution >= 4 is 22.9 Å². The monoisotopic (exact) mass is 164 g/mol. The van der Waals surface area contributed by atoms with Crippen molar-refractivity contribution in [1.82, 2.24) is 0 Å². The van der Waals surface area contributed by atoms with Crippen molar-refractivity contribution < 1.29 is 4.79 Å². The van der Waals surface area contributed by atoms with E-state index < -0.39 is 5.91 Å². The second-order valence-electron chi connectivity index (χ2n) is 0.801. The number of hydrogen-bond donors (Lipinski definition) is 1. The van der Waals surface area contributed by atoms with E-state index in [-0.39, 0.29) is 23.4 Å². The van der Waals surface area contributed by atoms with Crippen LogP contribution in [0.5, 0.6) is 0 Å². The first-order valence-electron chi connectivity index (χ1n) is 1.42. The Morgan fingerprint density at radius 2 is 2.29 bits per heavy atom. The highest BCUT2D eigenvalue weighted by Crippen LogP contribution is 1.64. The summed E-state index contributed by atoms with van der Waals surface area (Å²) in [7, 11) is 0. The third kappa shape index (κ3) is 10.8. The average Bonchev–Trinajstić information content (AvgIpc) is 1.35. The lowest BCUT2D eigenvalue weighted by atomic mass is 10.5. The summed E-state index contributed by atoms with van der Waals surface area (Å²) in [5.41, 5.74) is 4.54. The molecular formula is C3H5BrN2O. The van der Waals surface area contributed by atoms with Crippen molar-refractivity contribution in [1.29, 1.82) is 5.26 Å². The Bertz CT molecular complexity index is 95.6. The van der Waals surface area contributed by atoms with Gasteiger partial charge in [0.1, 0.15) is 6.42 Å². The number of rotatable bonds is 1. The standard InChI is InChI=1S/C3H4N2O.BrH/c4-2-1-3(5)6;/h1H2,(H2,5,6);1H. The SMILES string of the molecule is Br.N#CCC(N)=O. The molecule has 1 amide bonds. The molecule has 0 rings (SSSR count). The largest absolute Gasteiger partial charge is 0.369 e. The highest BCUT2D eigenvalue weighted by atomic mass is 79.9. The van der Waals surface area contributed by atoms with Gasteiger partial charge in [-0.15, -0.1) is 17.0 Å². The summed E-state index contributed by atoms with van der Waals surface area (Å²) in [6.07, 6.45) is -0.181. The third-order valence-electron chi connectivity index (χ3n) is 0.253. The van der Waals surface area contributed by atoms with Crippen LogP contribution in [-0.4, -0.2) is 5.91 Å². The number of carbonyl (C=O) groups excluding carboxylic acids is 1. The average molecular weight is 165 g/mol. The van der Waals surface area contributed by atoms with Crippen LogP contribution in [-0.2, 0) is 4.79 Å². The number of amides is 1. The molecule has 2 N–H and O–H groups in total. The fourth-order valence-corrected chi connectivity index (χ4v) is 0.0779. The third-order valence-corrected chi connectivity index (χ3v) is 0.253. The van der Waals surface area contributed by atoms with Crippen LogP contribution < -0.4 is 5.73 Å². The van der Waals surface area contributed by atoms with Gasteiger partial charge in [0.05, 0.1) is 6.07 Å². The van der Waals surface area contributed by atoms with Crippen molar-refractivity contribution in [2.45, 2.75) is 6.42 Å². The number of nitriles is 1. The van der Waals surface area contributed by atoms with Crippen LogP contribution in [0.15, 0.2) is 0 Å². The molecular weight excluding hydrogens is 160 g/mol. The molecule has 0 aliphatic carbocycles. The predicted molar refractivity (Wildman–Crippen MR) is 29.7 cm³/mol. The van der Waals surface area contributed by atoms with Gasteiger partial charge in [0.2, 0.25) is 5.91 Å². The molecule has 0 aromatic carbocycles. The van der Waals surface area contributed by atoms with Gasteiger partial charge in [-0.2, -0.15) is 5.26 Å². The predicted octanol–water partition coefficient (Wildman–Crippen LogP) is -0.0367. The molecule has 3 nitrogen and oxygen atoms in total. The second-order valence-corrected chi connectivity index (χ2v) is 0.801. The van der Waals surface area contributed by atoms with Crippen molar-refractivity contribution in [2.24, 2.45) is 5.73 Å². The molecule has 0 spiro atoms. The van der Waals surface area contributed by atoms with E-state index in [2.05, 4.69) is 5.73 Å². The van der Waals surface area contributed by atoms with Crippen LogP contribution in [0.25, 0.3) is 0 Å². The van der Waals surface area contributed by atoms with E-state index in [1.807, 2.05) is 0 Å². The summed E-state index contributed by atoms with van der Waals surface area (Å²) in [5, 5.41) is 7.69. The highest BCUT2D eigenvalue weighted by molar-refractivity contribution is 8.93. The van der Waals surface area contributed by atoms with Gasteiger partial charge < -0.3 is 5.73 Å². The number of nitrogens with zero attached hydrogens (tertiary/aromatic N) is 1. The molecule has 40 valence electrons. The highest BCUT2D eigenvalue weighted by Gasteiger charge is 1.84. The number of nitrogens with two attached hydrogens (primary N) is 1. The first-order valence-corrected chi connectivity index (χ1v) is 1.42. The minimum Gasteiger partial charge on any atom is -0.369 e. The number of carbonyl (C=O) groups is 1. The maximum absolute atomic E-state index is 9.60. The molecule has 0 aromatic rings. The molecule has 0 bridgehead atoms. The summed E-state index contributed by atoms with van der Waals surface area (Å²) in [6, 6.07) is 1.59. The first kappa shape index (κ1) is 9.67. The van der Waals surface area contributed by atoms with Crippen molar-refractivity contribution in [3.05, 3.63) is 0 Å². The van der Waals surface area contributed by atoms with Crippen LogP contribution in [0, 0.1) is 11.3 Å². The Hall–Kier alpha value is -0.560. The van der Waals surface area contributed by atoms with Gasteiger partial charge in [-0.25, -0.2) is 0 Å². The van der Waals surface area contributed by atoms with E-state index in [9.17, 15) is 4.79 Å². The molecule has 0 fully saturated rings. The van der Waals surface area contributed by atoms with Gasteiger partial charge in [0.25, 0.3) is 0 Å². The van der Waals surface area contributed by atoms with Gasteiger partial charge in [0, 0.05) is 0 Å². The van der Waals surface area contributed by atoms with E-state index in [1.165, 1.54) is 0 Å². The van der Waals surface area contributed by atoms with Crippen LogP contribution in [0.1, 0.15) is 6.42 Å². The Morgan fingerprint density at radius 3 is 2.29 bits per heavy atom. The van der Waals surface area contributed by atoms with Crippen LogP contribution in [0.2, 0.25) is 0 Å². The van der Waals surface area contributed by atoms with Gasteiger partial charge in [-0.1, -0.05) is 0 Å². The van der Waals surface area contributed by atoms with E-state index >= 15 is 0 Å². The first-order chi connectivity index (χ1) is 2.77. The molecule has 0 unspecified atom stereocenters. The Labute approximate surface area is 51.9 Å². The summed E-state index contributed by atoms with van der Waals surface area (Å²) < 4.78 is 0. The minimum absolute atomic E-state index is 0. The van der Waals surface area contributed by atoms with Gasteiger partial charge in [-0.05, 0) is 0 Å². The molecule has 0 aliphatic rings. The Morgan fingerprint density at radius 1 is 1.86 bits per heavy atom. The van der Waals surface area contributed by atoms with E-state index in [4.69, 9.17) is 5.26 Å². The Balaban J connectivity index is 0. The van der Waals surface area contributed by atoms with E-state index in [0.29, 0.717) is 0 Å². The second kappa shape index (κ2) is 5.44. The summed E-state index contributed by atoms with van der Waals surface area (Å²) in [6.45, 7) is 0. The molecule has 0 aromatic heterocycles. The minimum atomic E-state index is -0.572. The topological polar surface area (TPSA) is 66.9 Å². The summed E-state index contributed by atoms with van der Waals surface area (Å²) in [4.78, 5) is 9.60. The van der Waals surface area contributed by atoms with Crippen molar-refractivity contribution in [3.8, 4) is 6.07 Å². The van der Waals surface area contributed by atoms with E-state index in [0.717, 1.165) is 0 Å². The van der Waals surface area contributed by atoms with Gasteiger partial charge in [0.15, 0.2) is 0 Å². The van der Waals surface area contributed by atoms with E-state index in [1.54, 1.807) is 6.07 Å². The fourth-order valence-electron chi connectivity index (χ4n) is 0.0779. The lowest BCUT2D eigenvalue weighted by Crippen LogP contribution is -2.07. The summed E-state index contributed by atoms with van der Waals surface area (Å²) >= 11 is 0. The lowest BCUT2D eigenvalue weighted by Gasteiger charge is -1.71. The molecule has 0 heterocycles. The number of halogens is 1. The zero-order chi connectivity index (χ0) is 4.99. The normalized spacial score (nSPS) is 5.57. The molecule has 7 heavy (non-hydrogen) atoms.